The first-order chi connectivity index (χ1) is 13.2. The van der Waals surface area contributed by atoms with Gasteiger partial charge in [-0.2, -0.15) is 0 Å². The summed E-state index contributed by atoms with van der Waals surface area (Å²) in [5.74, 6) is -0.151. The molecule has 6 heteroatoms. The van der Waals surface area contributed by atoms with Crippen molar-refractivity contribution in [3.63, 3.8) is 0 Å². The zero-order valence-corrected chi connectivity index (χ0v) is 18.1. The molecule has 28 heavy (non-hydrogen) atoms. The Hall–Kier alpha value is -2.18. The van der Waals surface area contributed by atoms with E-state index in [1.54, 1.807) is 29.5 Å². The van der Waals surface area contributed by atoms with Crippen molar-refractivity contribution < 1.29 is 9.59 Å². The van der Waals surface area contributed by atoms with Gasteiger partial charge in [-0.3, -0.25) is 9.59 Å². The number of carbonyl (C=O) groups is 2. The molecule has 0 aliphatic carbocycles. The molecule has 0 saturated carbocycles. The fourth-order valence-electron chi connectivity index (χ4n) is 3.17. The molecule has 1 aromatic carbocycles. The highest BCUT2D eigenvalue weighted by atomic mass is 32.1. The number of hydrogen-bond donors (Lipinski definition) is 2. The number of benzene rings is 1. The third-order valence-electron chi connectivity index (χ3n) is 4.29. The third kappa shape index (κ3) is 7.82. The van der Waals surface area contributed by atoms with E-state index in [-0.39, 0.29) is 17.2 Å². The van der Waals surface area contributed by atoms with Crippen LogP contribution in [0.15, 0.2) is 41.8 Å². The van der Waals surface area contributed by atoms with Crippen molar-refractivity contribution in [1.82, 2.24) is 10.2 Å². The number of thiophene rings is 1. The summed E-state index contributed by atoms with van der Waals surface area (Å²) < 4.78 is 0. The van der Waals surface area contributed by atoms with Crippen LogP contribution in [-0.2, 0) is 11.2 Å². The molecule has 2 amide bonds. The van der Waals surface area contributed by atoms with E-state index in [1.165, 1.54) is 4.88 Å². The summed E-state index contributed by atoms with van der Waals surface area (Å²) in [5.41, 5.74) is 1.19. The minimum absolute atomic E-state index is 0.0203. The van der Waals surface area contributed by atoms with E-state index in [0.717, 1.165) is 19.4 Å². The van der Waals surface area contributed by atoms with E-state index in [1.807, 2.05) is 31.6 Å². The molecule has 0 bridgehead atoms. The molecule has 0 atom stereocenters. The van der Waals surface area contributed by atoms with E-state index in [9.17, 15) is 9.59 Å². The molecule has 0 fully saturated rings. The van der Waals surface area contributed by atoms with Crippen molar-refractivity contribution in [3.8, 4) is 0 Å². The summed E-state index contributed by atoms with van der Waals surface area (Å²) in [6.07, 6.45) is 2.19. The van der Waals surface area contributed by atoms with Gasteiger partial charge >= 0.3 is 0 Å². The van der Waals surface area contributed by atoms with Crippen molar-refractivity contribution >= 4 is 28.8 Å². The highest BCUT2D eigenvalue weighted by molar-refractivity contribution is 7.09. The standard InChI is InChI=1S/C22H31N3O2S/c1-22(2,16-25(3)4)15-23-21(27)17-8-5-9-18(14-17)24-20(26)12-6-10-19-11-7-13-28-19/h5,7-9,11,13-14H,6,10,12,15-16H2,1-4H3,(H,23,27)(H,24,26). The number of aryl methyl sites for hydroxylation is 1. The molecule has 0 radical (unpaired) electrons. The minimum Gasteiger partial charge on any atom is -0.351 e. The fraction of sp³-hybridized carbons (Fsp3) is 0.455. The maximum Gasteiger partial charge on any atom is 0.251 e. The first-order valence-electron chi connectivity index (χ1n) is 9.60. The maximum absolute atomic E-state index is 12.5. The molecule has 152 valence electrons. The van der Waals surface area contributed by atoms with Crippen LogP contribution in [0.3, 0.4) is 0 Å². The predicted molar refractivity (Wildman–Crippen MR) is 117 cm³/mol. The van der Waals surface area contributed by atoms with Crippen molar-refractivity contribution in [1.29, 1.82) is 0 Å². The molecular weight excluding hydrogens is 370 g/mol. The smallest absolute Gasteiger partial charge is 0.251 e. The summed E-state index contributed by atoms with van der Waals surface area (Å²) >= 11 is 1.71. The molecule has 0 aliphatic heterocycles. The molecule has 0 aliphatic rings. The van der Waals surface area contributed by atoms with Crippen LogP contribution in [0.2, 0.25) is 0 Å². The van der Waals surface area contributed by atoms with Gasteiger partial charge in [0.1, 0.15) is 0 Å². The predicted octanol–water partition coefficient (Wildman–Crippen LogP) is 4.03. The normalized spacial score (nSPS) is 11.5. The number of nitrogens with zero attached hydrogens (tertiary/aromatic N) is 1. The topological polar surface area (TPSA) is 61.4 Å². The number of rotatable bonds is 10. The summed E-state index contributed by atoms with van der Waals surface area (Å²) in [7, 11) is 4.05. The highest BCUT2D eigenvalue weighted by Crippen LogP contribution is 2.16. The summed E-state index contributed by atoms with van der Waals surface area (Å²) in [5, 5.41) is 7.94. The second kappa shape index (κ2) is 10.4. The molecule has 1 aromatic heterocycles. The lowest BCUT2D eigenvalue weighted by Gasteiger charge is -2.28. The van der Waals surface area contributed by atoms with E-state index in [0.29, 0.717) is 24.2 Å². The summed E-state index contributed by atoms with van der Waals surface area (Å²) in [6, 6.07) is 11.2. The Morgan fingerprint density at radius 2 is 1.93 bits per heavy atom. The molecular formula is C22H31N3O2S. The Kier molecular flexibility index (Phi) is 8.20. The Morgan fingerprint density at radius 1 is 1.14 bits per heavy atom. The van der Waals surface area contributed by atoms with E-state index in [2.05, 4.69) is 35.4 Å². The van der Waals surface area contributed by atoms with Crippen LogP contribution < -0.4 is 10.6 Å². The van der Waals surface area contributed by atoms with Crippen LogP contribution in [0.1, 0.15) is 41.9 Å². The van der Waals surface area contributed by atoms with Crippen LogP contribution in [0, 0.1) is 5.41 Å². The zero-order chi connectivity index (χ0) is 20.6. The lowest BCUT2D eigenvalue weighted by atomic mass is 9.93. The number of carbonyl (C=O) groups excluding carboxylic acids is 2. The minimum atomic E-state index is -0.124. The van der Waals surface area contributed by atoms with E-state index in [4.69, 9.17) is 0 Å². The second-order valence-electron chi connectivity index (χ2n) is 8.15. The quantitative estimate of drug-likeness (QED) is 0.632. The van der Waals surface area contributed by atoms with Crippen LogP contribution >= 0.6 is 11.3 Å². The van der Waals surface area contributed by atoms with Crippen LogP contribution in [0.5, 0.6) is 0 Å². The van der Waals surface area contributed by atoms with Crippen LogP contribution in [0.4, 0.5) is 5.69 Å². The summed E-state index contributed by atoms with van der Waals surface area (Å²) in [6.45, 7) is 5.72. The average molecular weight is 402 g/mol. The van der Waals surface area contributed by atoms with Gasteiger partial charge in [0, 0.05) is 35.6 Å². The molecule has 2 aromatic rings. The molecule has 1 heterocycles. The van der Waals surface area contributed by atoms with Crippen molar-refractivity contribution in [2.45, 2.75) is 33.1 Å². The Balaban J connectivity index is 1.83. The first kappa shape index (κ1) is 22.1. The maximum atomic E-state index is 12.5. The molecule has 5 nitrogen and oxygen atoms in total. The van der Waals surface area contributed by atoms with Crippen molar-refractivity contribution in [2.75, 3.05) is 32.5 Å². The Labute approximate surface area is 172 Å². The number of hydrogen-bond acceptors (Lipinski definition) is 4. The SMILES string of the molecule is CN(C)CC(C)(C)CNC(=O)c1cccc(NC(=O)CCCc2cccs2)c1. The highest BCUT2D eigenvalue weighted by Gasteiger charge is 2.20. The monoisotopic (exact) mass is 401 g/mol. The van der Waals surface area contributed by atoms with Crippen LogP contribution in [0.25, 0.3) is 0 Å². The molecule has 2 rings (SSSR count). The lowest BCUT2D eigenvalue weighted by Crippen LogP contribution is -2.39. The molecule has 0 spiro atoms. The van der Waals surface area contributed by atoms with Gasteiger partial charge in [0.15, 0.2) is 0 Å². The van der Waals surface area contributed by atoms with Gasteiger partial charge in [0.2, 0.25) is 5.91 Å². The van der Waals surface area contributed by atoms with Gasteiger partial charge in [-0.25, -0.2) is 0 Å². The largest absolute Gasteiger partial charge is 0.351 e. The summed E-state index contributed by atoms with van der Waals surface area (Å²) in [4.78, 5) is 28.1. The molecule has 2 N–H and O–H groups in total. The van der Waals surface area contributed by atoms with Gasteiger partial charge in [-0.15, -0.1) is 11.3 Å². The zero-order valence-electron chi connectivity index (χ0n) is 17.2. The fourth-order valence-corrected chi connectivity index (χ4v) is 3.92. The van der Waals surface area contributed by atoms with Gasteiger partial charge in [-0.1, -0.05) is 26.0 Å². The van der Waals surface area contributed by atoms with Crippen LogP contribution in [-0.4, -0.2) is 43.9 Å². The van der Waals surface area contributed by atoms with Crippen molar-refractivity contribution in [3.05, 3.63) is 52.2 Å². The van der Waals surface area contributed by atoms with Crippen molar-refractivity contribution in [2.24, 2.45) is 5.41 Å². The van der Waals surface area contributed by atoms with Gasteiger partial charge in [0.05, 0.1) is 0 Å². The Bertz CT molecular complexity index is 770. The van der Waals surface area contributed by atoms with E-state index >= 15 is 0 Å². The van der Waals surface area contributed by atoms with Gasteiger partial charge in [0.25, 0.3) is 5.91 Å². The number of anilines is 1. The second-order valence-corrected chi connectivity index (χ2v) is 9.18. The third-order valence-corrected chi connectivity index (χ3v) is 5.22. The molecule has 0 unspecified atom stereocenters. The lowest BCUT2D eigenvalue weighted by molar-refractivity contribution is -0.116. The number of amides is 2. The van der Waals surface area contributed by atoms with Gasteiger partial charge in [-0.05, 0) is 62.0 Å². The van der Waals surface area contributed by atoms with Gasteiger partial charge < -0.3 is 15.5 Å². The Morgan fingerprint density at radius 3 is 2.61 bits per heavy atom. The molecule has 0 saturated heterocycles. The van der Waals surface area contributed by atoms with E-state index < -0.39 is 0 Å². The number of nitrogens with one attached hydrogen (secondary N) is 2. The first-order valence-corrected chi connectivity index (χ1v) is 10.5. The average Bonchev–Trinajstić information content (AvgIpc) is 3.12.